The van der Waals surface area contributed by atoms with Crippen LogP contribution in [0.1, 0.15) is 5.56 Å². The summed E-state index contributed by atoms with van der Waals surface area (Å²) < 4.78 is 13.1. The highest BCUT2D eigenvalue weighted by Crippen LogP contribution is 2.23. The zero-order valence-corrected chi connectivity index (χ0v) is 14.8. The number of benzene rings is 3. The number of nitrogens with one attached hydrogen (secondary N) is 1. The summed E-state index contributed by atoms with van der Waals surface area (Å²) >= 11 is 1.30. The second kappa shape index (κ2) is 8.54. The molecule has 132 valence electrons. The van der Waals surface area contributed by atoms with E-state index in [0.717, 1.165) is 27.3 Å². The van der Waals surface area contributed by atoms with Crippen LogP contribution in [0.25, 0.3) is 11.1 Å². The van der Waals surface area contributed by atoms with E-state index in [9.17, 15) is 9.18 Å². The van der Waals surface area contributed by atoms with E-state index in [2.05, 4.69) is 11.4 Å². The number of anilines is 1. The summed E-state index contributed by atoms with van der Waals surface area (Å²) in [6, 6.07) is 22.3. The molecule has 0 aliphatic carbocycles. The van der Waals surface area contributed by atoms with Gasteiger partial charge in [-0.15, -0.1) is 11.8 Å². The molecule has 0 spiro atoms. The third-order valence-electron chi connectivity index (χ3n) is 3.82. The first kappa shape index (κ1) is 18.0. The van der Waals surface area contributed by atoms with Crippen molar-refractivity contribution in [1.29, 1.82) is 0 Å². The van der Waals surface area contributed by atoms with E-state index in [1.54, 1.807) is 12.1 Å². The van der Waals surface area contributed by atoms with Gasteiger partial charge in [0, 0.05) is 17.1 Å². The van der Waals surface area contributed by atoms with Gasteiger partial charge in [0.15, 0.2) is 0 Å². The number of halogens is 1. The lowest BCUT2D eigenvalue weighted by Crippen LogP contribution is -2.00. The molecule has 0 fully saturated rings. The highest BCUT2D eigenvalue weighted by Gasteiger charge is 2.02. The van der Waals surface area contributed by atoms with Crippen LogP contribution in [-0.4, -0.2) is 16.8 Å². The van der Waals surface area contributed by atoms with Crippen LogP contribution in [-0.2, 0) is 11.3 Å². The molecule has 0 atom stereocenters. The Bertz CT molecular complexity index is 879. The quantitative estimate of drug-likeness (QED) is 0.558. The molecule has 3 aromatic carbocycles. The summed E-state index contributed by atoms with van der Waals surface area (Å²) in [7, 11) is 0. The molecule has 0 saturated heterocycles. The van der Waals surface area contributed by atoms with Crippen molar-refractivity contribution in [2.45, 2.75) is 11.4 Å². The standard InChI is InChI=1S/C21H18FNO2S/c22-18-6-4-16(5-7-18)17-3-1-2-15(12-17)13-23-19-8-10-20(11-9-19)26-14-21(24)25/h1-12,23H,13-14H2,(H,24,25). The molecule has 3 aromatic rings. The van der Waals surface area contributed by atoms with Crippen LogP contribution in [0, 0.1) is 5.82 Å². The summed E-state index contributed by atoms with van der Waals surface area (Å²) in [4.78, 5) is 11.5. The molecule has 0 aromatic heterocycles. The number of aliphatic carboxylic acids is 1. The normalized spacial score (nSPS) is 10.5. The van der Waals surface area contributed by atoms with E-state index in [-0.39, 0.29) is 11.6 Å². The van der Waals surface area contributed by atoms with Crippen molar-refractivity contribution in [1.82, 2.24) is 0 Å². The summed E-state index contributed by atoms with van der Waals surface area (Å²) in [5.41, 5.74) is 4.12. The fraction of sp³-hybridized carbons (Fsp3) is 0.0952. The number of thioether (sulfide) groups is 1. The molecule has 5 heteroatoms. The summed E-state index contributed by atoms with van der Waals surface area (Å²) in [5, 5.41) is 12.1. The number of hydrogen-bond donors (Lipinski definition) is 2. The van der Waals surface area contributed by atoms with Crippen molar-refractivity contribution in [2.75, 3.05) is 11.1 Å². The Morgan fingerprint density at radius 3 is 2.38 bits per heavy atom. The number of carboxylic acids is 1. The molecule has 0 heterocycles. The minimum atomic E-state index is -0.821. The first-order valence-corrected chi connectivity index (χ1v) is 9.12. The first-order valence-electron chi connectivity index (χ1n) is 8.13. The molecular formula is C21H18FNO2S. The molecule has 26 heavy (non-hydrogen) atoms. The van der Waals surface area contributed by atoms with Gasteiger partial charge in [-0.1, -0.05) is 30.3 Å². The molecule has 0 aliphatic heterocycles. The van der Waals surface area contributed by atoms with Gasteiger partial charge in [0.1, 0.15) is 5.82 Å². The van der Waals surface area contributed by atoms with E-state index >= 15 is 0 Å². The Labute approximate surface area is 155 Å². The Kier molecular flexibility index (Phi) is 5.92. The molecule has 2 N–H and O–H groups in total. The predicted molar refractivity (Wildman–Crippen MR) is 104 cm³/mol. The molecule has 0 aliphatic rings. The average Bonchev–Trinajstić information content (AvgIpc) is 2.66. The van der Waals surface area contributed by atoms with E-state index < -0.39 is 5.97 Å². The zero-order chi connectivity index (χ0) is 18.4. The predicted octanol–water partition coefficient (Wildman–Crippen LogP) is 5.28. The maximum atomic E-state index is 13.1. The van der Waals surface area contributed by atoms with Crippen LogP contribution < -0.4 is 5.32 Å². The highest BCUT2D eigenvalue weighted by molar-refractivity contribution is 8.00. The minimum absolute atomic E-state index is 0.0585. The first-order chi connectivity index (χ1) is 12.6. The molecule has 0 radical (unpaired) electrons. The third-order valence-corrected chi connectivity index (χ3v) is 4.81. The number of carbonyl (C=O) groups is 1. The maximum absolute atomic E-state index is 13.1. The van der Waals surface area contributed by atoms with Crippen molar-refractivity contribution < 1.29 is 14.3 Å². The molecule has 0 saturated carbocycles. The van der Waals surface area contributed by atoms with Gasteiger partial charge in [0.25, 0.3) is 0 Å². The fourth-order valence-electron chi connectivity index (χ4n) is 2.52. The van der Waals surface area contributed by atoms with Crippen molar-refractivity contribution >= 4 is 23.4 Å². The molecule has 0 amide bonds. The Morgan fingerprint density at radius 1 is 0.962 bits per heavy atom. The molecular weight excluding hydrogens is 349 g/mol. The monoisotopic (exact) mass is 367 g/mol. The van der Waals surface area contributed by atoms with E-state index in [0.29, 0.717) is 6.54 Å². The second-order valence-corrected chi connectivity index (χ2v) is 6.82. The Balaban J connectivity index is 1.62. The van der Waals surface area contributed by atoms with Gasteiger partial charge in [0.2, 0.25) is 0 Å². The number of hydrogen-bond acceptors (Lipinski definition) is 3. The number of carboxylic acid groups (broad SMARTS) is 1. The average molecular weight is 367 g/mol. The molecule has 3 nitrogen and oxygen atoms in total. The van der Waals surface area contributed by atoms with Crippen LogP contribution in [0.2, 0.25) is 0 Å². The summed E-state index contributed by atoms with van der Waals surface area (Å²) in [5.74, 6) is -1.00. The van der Waals surface area contributed by atoms with Crippen molar-refractivity contribution in [3.8, 4) is 11.1 Å². The van der Waals surface area contributed by atoms with E-state index in [4.69, 9.17) is 5.11 Å². The Morgan fingerprint density at radius 2 is 1.69 bits per heavy atom. The topological polar surface area (TPSA) is 49.3 Å². The minimum Gasteiger partial charge on any atom is -0.481 e. The SMILES string of the molecule is O=C(O)CSc1ccc(NCc2cccc(-c3ccc(F)cc3)c2)cc1. The Hall–Kier alpha value is -2.79. The maximum Gasteiger partial charge on any atom is 0.313 e. The summed E-state index contributed by atoms with van der Waals surface area (Å²) in [6.45, 7) is 0.663. The number of rotatable bonds is 7. The lowest BCUT2D eigenvalue weighted by atomic mass is 10.0. The van der Waals surface area contributed by atoms with Crippen molar-refractivity contribution in [3.05, 3.63) is 84.2 Å². The van der Waals surface area contributed by atoms with Crippen LogP contribution in [0.15, 0.2) is 77.7 Å². The van der Waals surface area contributed by atoms with E-state index in [1.165, 1.54) is 23.9 Å². The summed E-state index contributed by atoms with van der Waals surface area (Å²) in [6.07, 6.45) is 0. The van der Waals surface area contributed by atoms with Crippen molar-refractivity contribution in [2.24, 2.45) is 0 Å². The molecule has 0 bridgehead atoms. The van der Waals surface area contributed by atoms with Gasteiger partial charge in [-0.3, -0.25) is 4.79 Å². The fourth-order valence-corrected chi connectivity index (χ4v) is 3.14. The van der Waals surface area contributed by atoms with Gasteiger partial charge in [0.05, 0.1) is 5.75 Å². The van der Waals surface area contributed by atoms with Crippen LogP contribution in [0.5, 0.6) is 0 Å². The lowest BCUT2D eigenvalue weighted by molar-refractivity contribution is -0.133. The smallest absolute Gasteiger partial charge is 0.313 e. The van der Waals surface area contributed by atoms with Crippen LogP contribution in [0.4, 0.5) is 10.1 Å². The zero-order valence-electron chi connectivity index (χ0n) is 14.0. The van der Waals surface area contributed by atoms with Crippen molar-refractivity contribution in [3.63, 3.8) is 0 Å². The van der Waals surface area contributed by atoms with Gasteiger partial charge < -0.3 is 10.4 Å². The van der Waals surface area contributed by atoms with E-state index in [1.807, 2.05) is 42.5 Å². The van der Waals surface area contributed by atoms with Gasteiger partial charge in [-0.05, 0) is 59.2 Å². The largest absolute Gasteiger partial charge is 0.481 e. The lowest BCUT2D eigenvalue weighted by Gasteiger charge is -2.09. The van der Waals surface area contributed by atoms with Gasteiger partial charge >= 0.3 is 5.97 Å². The van der Waals surface area contributed by atoms with Gasteiger partial charge in [-0.2, -0.15) is 0 Å². The van der Waals surface area contributed by atoms with Crippen LogP contribution >= 0.6 is 11.8 Å². The molecule has 3 rings (SSSR count). The van der Waals surface area contributed by atoms with Gasteiger partial charge in [-0.25, -0.2) is 4.39 Å². The third kappa shape index (κ3) is 5.10. The molecule has 0 unspecified atom stereocenters. The highest BCUT2D eigenvalue weighted by atomic mass is 32.2. The second-order valence-electron chi connectivity index (χ2n) is 5.77. The van der Waals surface area contributed by atoms with Crippen LogP contribution in [0.3, 0.4) is 0 Å².